The zero-order chi connectivity index (χ0) is 35.2. The highest BCUT2D eigenvalue weighted by molar-refractivity contribution is 6.13. The molecule has 52 heavy (non-hydrogen) atoms. The van der Waals surface area contributed by atoms with Gasteiger partial charge in [-0.25, -0.2) is 14.8 Å². The minimum atomic E-state index is -0.292. The molecule has 1 aromatic heterocycles. The van der Waals surface area contributed by atoms with Crippen molar-refractivity contribution in [2.75, 3.05) is 0 Å². The molecule has 1 atom stereocenters. The monoisotopic (exact) mass is 673 g/mol. The van der Waals surface area contributed by atoms with Crippen molar-refractivity contribution in [2.45, 2.75) is 6.17 Å². The lowest BCUT2D eigenvalue weighted by Crippen LogP contribution is -2.33. The van der Waals surface area contributed by atoms with Gasteiger partial charge in [-0.2, -0.15) is 0 Å². The van der Waals surface area contributed by atoms with Crippen LogP contribution < -0.4 is 11.0 Å². The van der Waals surface area contributed by atoms with Crippen LogP contribution in [-0.4, -0.2) is 20.8 Å². The van der Waals surface area contributed by atoms with E-state index in [-0.39, 0.29) is 11.9 Å². The van der Waals surface area contributed by atoms with Crippen LogP contribution in [-0.2, 0) is 14.1 Å². The number of imidazole rings is 1. The van der Waals surface area contributed by atoms with Gasteiger partial charge in [-0.1, -0.05) is 152 Å². The molecular weight excluding hydrogens is 639 g/mol. The van der Waals surface area contributed by atoms with Crippen LogP contribution in [0, 0.1) is 0 Å². The van der Waals surface area contributed by atoms with Crippen LogP contribution in [0.25, 0.3) is 55.2 Å². The lowest BCUT2D eigenvalue weighted by atomic mass is 9.92. The van der Waals surface area contributed by atoms with E-state index in [9.17, 15) is 4.79 Å². The number of nitrogens with zero attached hydrogens (tertiary/aromatic N) is 4. The first kappa shape index (κ1) is 31.2. The van der Waals surface area contributed by atoms with E-state index in [0.29, 0.717) is 5.84 Å². The van der Waals surface area contributed by atoms with E-state index >= 15 is 0 Å². The van der Waals surface area contributed by atoms with E-state index in [0.717, 1.165) is 50.2 Å². The second-order valence-corrected chi connectivity index (χ2v) is 13.2. The quantitative estimate of drug-likeness (QED) is 0.191. The smallest absolute Gasteiger partial charge is 0.328 e. The SMILES string of the molecule is Cn1c(=O)n(C)c2cc(-c3ccc(C4=NC(c5ccc(-c6ccc(-c7ccccc7)c7ccccc67)cc5)=NC(c5ccccc5)N4)cc3)ccc21. The Labute approximate surface area is 301 Å². The number of aromatic nitrogens is 2. The molecule has 250 valence electrons. The van der Waals surface area contributed by atoms with Gasteiger partial charge in [0.2, 0.25) is 0 Å². The summed E-state index contributed by atoms with van der Waals surface area (Å²) in [5.41, 5.74) is 11.6. The highest BCUT2D eigenvalue weighted by Gasteiger charge is 2.21. The maximum Gasteiger partial charge on any atom is 0.328 e. The molecule has 0 radical (unpaired) electrons. The van der Waals surface area contributed by atoms with Crippen LogP contribution in [0.5, 0.6) is 0 Å². The van der Waals surface area contributed by atoms with Gasteiger partial charge in [0, 0.05) is 25.2 Å². The molecule has 6 nitrogen and oxygen atoms in total. The Bertz CT molecular complexity index is 2720. The second kappa shape index (κ2) is 12.8. The summed E-state index contributed by atoms with van der Waals surface area (Å²) >= 11 is 0. The van der Waals surface area contributed by atoms with Gasteiger partial charge in [0.1, 0.15) is 12.0 Å². The molecule has 0 aliphatic carbocycles. The number of hydrogen-bond donors (Lipinski definition) is 1. The number of hydrogen-bond acceptors (Lipinski definition) is 4. The minimum absolute atomic E-state index is 0.0325. The van der Waals surface area contributed by atoms with Gasteiger partial charge in [0.25, 0.3) is 0 Å². The lowest BCUT2D eigenvalue weighted by molar-refractivity contribution is 0.674. The molecule has 0 amide bonds. The lowest BCUT2D eigenvalue weighted by Gasteiger charge is -2.24. The summed E-state index contributed by atoms with van der Waals surface area (Å²) < 4.78 is 3.37. The molecule has 8 aromatic rings. The van der Waals surface area contributed by atoms with Crippen molar-refractivity contribution in [1.29, 1.82) is 0 Å². The molecule has 1 aliphatic rings. The van der Waals surface area contributed by atoms with Crippen molar-refractivity contribution in [3.63, 3.8) is 0 Å². The molecule has 0 saturated heterocycles. The van der Waals surface area contributed by atoms with E-state index in [1.807, 2.05) is 31.3 Å². The summed E-state index contributed by atoms with van der Waals surface area (Å²) in [4.78, 5) is 22.7. The largest absolute Gasteiger partial charge is 0.344 e. The molecule has 7 aromatic carbocycles. The summed E-state index contributed by atoms with van der Waals surface area (Å²) in [6.07, 6.45) is -0.292. The first-order valence-electron chi connectivity index (χ1n) is 17.4. The predicted octanol–water partition coefficient (Wildman–Crippen LogP) is 9.53. The van der Waals surface area contributed by atoms with Gasteiger partial charge in [-0.3, -0.25) is 9.13 Å². The average Bonchev–Trinajstić information content (AvgIpc) is 3.43. The molecule has 0 saturated carbocycles. The van der Waals surface area contributed by atoms with Crippen molar-refractivity contribution in [2.24, 2.45) is 24.1 Å². The van der Waals surface area contributed by atoms with Gasteiger partial charge < -0.3 is 5.32 Å². The van der Waals surface area contributed by atoms with Crippen LogP contribution in [0.15, 0.2) is 179 Å². The number of benzene rings is 7. The summed E-state index contributed by atoms with van der Waals surface area (Å²) in [5.74, 6) is 1.44. The molecule has 9 rings (SSSR count). The first-order chi connectivity index (χ1) is 25.5. The fraction of sp³-hybridized carbons (Fsp3) is 0.0652. The number of nitrogens with one attached hydrogen (secondary N) is 1. The van der Waals surface area contributed by atoms with Crippen molar-refractivity contribution >= 4 is 33.5 Å². The Morgan fingerprint density at radius 3 is 1.69 bits per heavy atom. The zero-order valence-corrected chi connectivity index (χ0v) is 28.9. The Morgan fingerprint density at radius 1 is 0.500 bits per heavy atom. The van der Waals surface area contributed by atoms with Crippen LogP contribution in [0.1, 0.15) is 22.9 Å². The third-order valence-electron chi connectivity index (χ3n) is 10.1. The third kappa shape index (κ3) is 5.51. The Balaban J connectivity index is 1.06. The summed E-state index contributed by atoms with van der Waals surface area (Å²) in [7, 11) is 3.61. The van der Waals surface area contributed by atoms with Gasteiger partial charge in [0.05, 0.1) is 11.0 Å². The average molecular weight is 674 g/mol. The van der Waals surface area contributed by atoms with E-state index < -0.39 is 0 Å². The van der Waals surface area contributed by atoms with Gasteiger partial charge in [-0.05, 0) is 61.8 Å². The van der Waals surface area contributed by atoms with E-state index in [1.54, 1.807) is 16.2 Å². The van der Waals surface area contributed by atoms with Gasteiger partial charge in [0.15, 0.2) is 5.84 Å². The van der Waals surface area contributed by atoms with E-state index in [4.69, 9.17) is 9.98 Å². The topological polar surface area (TPSA) is 63.7 Å². The van der Waals surface area contributed by atoms with Crippen LogP contribution in [0.2, 0.25) is 0 Å². The minimum Gasteiger partial charge on any atom is -0.344 e. The molecule has 0 bridgehead atoms. The Morgan fingerprint density at radius 2 is 1.02 bits per heavy atom. The van der Waals surface area contributed by atoms with Crippen LogP contribution in [0.3, 0.4) is 0 Å². The van der Waals surface area contributed by atoms with E-state index in [2.05, 4.69) is 145 Å². The van der Waals surface area contributed by atoms with Crippen LogP contribution in [0.4, 0.5) is 0 Å². The summed E-state index contributed by atoms with van der Waals surface area (Å²) in [6.45, 7) is 0. The zero-order valence-electron chi connectivity index (χ0n) is 28.9. The summed E-state index contributed by atoms with van der Waals surface area (Å²) in [5, 5.41) is 6.03. The first-order valence-corrected chi connectivity index (χ1v) is 17.4. The Kier molecular flexibility index (Phi) is 7.70. The maximum atomic E-state index is 12.5. The fourth-order valence-electron chi connectivity index (χ4n) is 7.26. The van der Waals surface area contributed by atoms with Crippen molar-refractivity contribution in [1.82, 2.24) is 14.5 Å². The van der Waals surface area contributed by atoms with Crippen LogP contribution >= 0.6 is 0 Å². The van der Waals surface area contributed by atoms with Gasteiger partial charge >= 0.3 is 5.69 Å². The number of aliphatic imine (C=N–C) groups is 2. The van der Waals surface area contributed by atoms with E-state index in [1.165, 1.54) is 27.5 Å². The highest BCUT2D eigenvalue weighted by Crippen LogP contribution is 2.36. The number of rotatable bonds is 6. The number of aryl methyl sites for hydroxylation is 2. The normalized spacial score (nSPS) is 14.2. The molecule has 2 heterocycles. The number of fused-ring (bicyclic) bond motifs is 2. The Hall–Kier alpha value is -6.79. The molecule has 1 unspecified atom stereocenters. The molecule has 0 fully saturated rings. The maximum absolute atomic E-state index is 12.5. The predicted molar refractivity (Wildman–Crippen MR) is 214 cm³/mol. The fourth-order valence-corrected chi connectivity index (χ4v) is 7.26. The van der Waals surface area contributed by atoms with Gasteiger partial charge in [-0.15, -0.1) is 0 Å². The standard InChI is InChI=1S/C46H35N5O/c1-50-41-28-25-36(29-42(41)51(2)46(50)52)30-17-21-34(22-18-30)44-47-43(33-13-7-4-8-14-33)48-45(49-44)35-23-19-32(20-24-35)38-27-26-37(31-11-5-3-6-12-31)39-15-9-10-16-40(38)39/h3-29,43H,1-2H3,(H,47,48,49). The number of amidine groups is 2. The summed E-state index contributed by atoms with van der Waals surface area (Å²) in [6, 6.07) is 57.0. The van der Waals surface area contributed by atoms with Crippen molar-refractivity contribution < 1.29 is 0 Å². The molecular formula is C46H35N5O. The molecule has 6 heteroatoms. The molecule has 1 aliphatic heterocycles. The third-order valence-corrected chi connectivity index (χ3v) is 10.1. The molecule has 1 N–H and O–H groups in total. The molecule has 0 spiro atoms. The van der Waals surface area contributed by atoms with Crippen molar-refractivity contribution in [3.05, 3.63) is 191 Å². The highest BCUT2D eigenvalue weighted by atomic mass is 16.1. The second-order valence-electron chi connectivity index (χ2n) is 13.2. The van der Waals surface area contributed by atoms with Crippen molar-refractivity contribution in [3.8, 4) is 33.4 Å².